The van der Waals surface area contributed by atoms with Gasteiger partial charge in [0, 0.05) is 19.1 Å². The van der Waals surface area contributed by atoms with Gasteiger partial charge in [-0.3, -0.25) is 0 Å². The summed E-state index contributed by atoms with van der Waals surface area (Å²) in [6.07, 6.45) is 1.35. The second-order valence-corrected chi connectivity index (χ2v) is 7.08. The highest BCUT2D eigenvalue weighted by atomic mass is 16.3. The number of rotatable bonds is 8. The zero-order chi connectivity index (χ0) is 15.5. The molecule has 1 saturated carbocycles. The van der Waals surface area contributed by atoms with Crippen molar-refractivity contribution in [3.8, 4) is 0 Å². The van der Waals surface area contributed by atoms with Crippen LogP contribution in [0.1, 0.15) is 32.8 Å². The average Bonchev–Trinajstić information content (AvgIpc) is 3.13. The largest absolute Gasteiger partial charge is 0.394 e. The summed E-state index contributed by atoms with van der Waals surface area (Å²) in [5.74, 6) is 1.70. The maximum Gasteiger partial charge on any atom is 0.0799 e. The summed E-state index contributed by atoms with van der Waals surface area (Å²) in [7, 11) is 2.17. The van der Waals surface area contributed by atoms with Crippen LogP contribution in [0.15, 0.2) is 30.3 Å². The van der Waals surface area contributed by atoms with Crippen LogP contribution in [0.5, 0.6) is 0 Å². The van der Waals surface area contributed by atoms with Crippen molar-refractivity contribution in [1.82, 2.24) is 10.2 Å². The molecule has 1 aliphatic carbocycles. The molecule has 1 aliphatic rings. The SMILES string of the molecule is CC(C)NC(CO)(CN(C)CC1CC1C)c1ccccc1. The predicted octanol–water partition coefficient (Wildman–Crippen LogP) is 2.46. The van der Waals surface area contributed by atoms with Gasteiger partial charge < -0.3 is 15.3 Å². The molecule has 3 heteroatoms. The van der Waals surface area contributed by atoms with Crippen molar-refractivity contribution in [2.24, 2.45) is 11.8 Å². The lowest BCUT2D eigenvalue weighted by Crippen LogP contribution is -2.55. The van der Waals surface area contributed by atoms with Gasteiger partial charge >= 0.3 is 0 Å². The van der Waals surface area contributed by atoms with Crippen molar-refractivity contribution < 1.29 is 5.11 Å². The van der Waals surface area contributed by atoms with Gasteiger partial charge in [0.2, 0.25) is 0 Å². The van der Waals surface area contributed by atoms with Crippen molar-refractivity contribution in [3.63, 3.8) is 0 Å². The third-order valence-electron chi connectivity index (χ3n) is 4.52. The molecule has 2 rings (SSSR count). The molecule has 1 aromatic rings. The molecule has 2 N–H and O–H groups in total. The van der Waals surface area contributed by atoms with Gasteiger partial charge in [0.05, 0.1) is 12.1 Å². The van der Waals surface area contributed by atoms with Crippen LogP contribution in [0.4, 0.5) is 0 Å². The minimum Gasteiger partial charge on any atom is -0.394 e. The van der Waals surface area contributed by atoms with Crippen LogP contribution in [0.25, 0.3) is 0 Å². The van der Waals surface area contributed by atoms with E-state index in [-0.39, 0.29) is 12.1 Å². The number of aliphatic hydroxyl groups excluding tert-OH is 1. The second-order valence-electron chi connectivity index (χ2n) is 7.08. The summed E-state index contributed by atoms with van der Waals surface area (Å²) in [5, 5.41) is 13.7. The van der Waals surface area contributed by atoms with E-state index >= 15 is 0 Å². The van der Waals surface area contributed by atoms with Crippen molar-refractivity contribution in [1.29, 1.82) is 0 Å². The molecule has 3 atom stereocenters. The third-order valence-corrected chi connectivity index (χ3v) is 4.52. The highest BCUT2D eigenvalue weighted by Crippen LogP contribution is 2.38. The first-order valence-electron chi connectivity index (χ1n) is 8.09. The molecule has 0 heterocycles. The van der Waals surface area contributed by atoms with Gasteiger partial charge in [-0.25, -0.2) is 0 Å². The molecule has 1 aromatic carbocycles. The molecule has 0 radical (unpaired) electrons. The Balaban J connectivity index is 2.14. The van der Waals surface area contributed by atoms with E-state index in [4.69, 9.17) is 0 Å². The molecule has 118 valence electrons. The molecular weight excluding hydrogens is 260 g/mol. The van der Waals surface area contributed by atoms with Crippen LogP contribution in [0.3, 0.4) is 0 Å². The predicted molar refractivity (Wildman–Crippen MR) is 88.2 cm³/mol. The Morgan fingerprint density at radius 3 is 2.43 bits per heavy atom. The van der Waals surface area contributed by atoms with E-state index in [0.29, 0.717) is 6.04 Å². The summed E-state index contributed by atoms with van der Waals surface area (Å²) in [5.41, 5.74) is 0.777. The minimum absolute atomic E-state index is 0.111. The van der Waals surface area contributed by atoms with E-state index in [1.807, 2.05) is 18.2 Å². The number of aliphatic hydroxyl groups is 1. The Kier molecular flexibility index (Phi) is 5.42. The summed E-state index contributed by atoms with van der Waals surface area (Å²) in [6, 6.07) is 10.7. The van der Waals surface area contributed by atoms with Crippen molar-refractivity contribution >= 4 is 0 Å². The summed E-state index contributed by atoms with van der Waals surface area (Å²) in [6.45, 7) is 8.65. The maximum absolute atomic E-state index is 10.1. The molecule has 3 unspecified atom stereocenters. The molecule has 0 bridgehead atoms. The van der Waals surface area contributed by atoms with Crippen LogP contribution in [-0.4, -0.2) is 42.8 Å². The highest BCUT2D eigenvalue weighted by molar-refractivity contribution is 5.25. The van der Waals surface area contributed by atoms with Crippen LogP contribution in [-0.2, 0) is 5.54 Å². The smallest absolute Gasteiger partial charge is 0.0799 e. The number of hydrogen-bond donors (Lipinski definition) is 2. The summed E-state index contributed by atoms with van der Waals surface area (Å²) in [4.78, 5) is 2.37. The van der Waals surface area contributed by atoms with Crippen LogP contribution < -0.4 is 5.32 Å². The second kappa shape index (κ2) is 6.91. The zero-order valence-electron chi connectivity index (χ0n) is 13.8. The van der Waals surface area contributed by atoms with E-state index in [9.17, 15) is 5.11 Å². The van der Waals surface area contributed by atoms with Gasteiger partial charge in [-0.15, -0.1) is 0 Å². The number of hydrogen-bond acceptors (Lipinski definition) is 3. The van der Waals surface area contributed by atoms with Crippen LogP contribution in [0, 0.1) is 11.8 Å². The Labute approximate surface area is 129 Å². The standard InChI is InChI=1S/C18H30N2O/c1-14(2)19-18(13-21,17-8-6-5-7-9-17)12-20(4)11-16-10-15(16)3/h5-9,14-16,19,21H,10-13H2,1-4H3. The van der Waals surface area contributed by atoms with E-state index in [0.717, 1.165) is 30.5 Å². The molecule has 0 amide bonds. The molecule has 21 heavy (non-hydrogen) atoms. The van der Waals surface area contributed by atoms with Gasteiger partial charge in [-0.1, -0.05) is 37.3 Å². The van der Waals surface area contributed by atoms with E-state index < -0.39 is 0 Å². The lowest BCUT2D eigenvalue weighted by atomic mass is 9.89. The molecule has 0 spiro atoms. The van der Waals surface area contributed by atoms with Crippen molar-refractivity contribution in [3.05, 3.63) is 35.9 Å². The Morgan fingerprint density at radius 2 is 1.95 bits per heavy atom. The minimum atomic E-state index is -0.387. The molecule has 0 aromatic heterocycles. The molecular formula is C18H30N2O. The van der Waals surface area contributed by atoms with E-state index in [1.54, 1.807) is 0 Å². The summed E-state index contributed by atoms with van der Waals surface area (Å²) < 4.78 is 0. The van der Waals surface area contributed by atoms with Gasteiger partial charge in [-0.05, 0) is 44.7 Å². The van der Waals surface area contributed by atoms with Crippen molar-refractivity contribution in [2.45, 2.75) is 38.8 Å². The highest BCUT2D eigenvalue weighted by Gasteiger charge is 2.37. The zero-order valence-corrected chi connectivity index (χ0v) is 13.8. The number of nitrogens with zero attached hydrogens (tertiary/aromatic N) is 1. The lowest BCUT2D eigenvalue weighted by molar-refractivity contribution is 0.108. The Hall–Kier alpha value is -0.900. The summed E-state index contributed by atoms with van der Waals surface area (Å²) >= 11 is 0. The first kappa shape index (κ1) is 16.5. The maximum atomic E-state index is 10.1. The Morgan fingerprint density at radius 1 is 1.33 bits per heavy atom. The van der Waals surface area contributed by atoms with Crippen LogP contribution >= 0.6 is 0 Å². The molecule has 3 nitrogen and oxygen atoms in total. The van der Waals surface area contributed by atoms with Crippen LogP contribution in [0.2, 0.25) is 0 Å². The fourth-order valence-electron chi connectivity index (χ4n) is 3.30. The lowest BCUT2D eigenvalue weighted by Gasteiger charge is -2.39. The average molecular weight is 290 g/mol. The molecule has 0 aliphatic heterocycles. The fraction of sp³-hybridized carbons (Fsp3) is 0.667. The van der Waals surface area contributed by atoms with Gasteiger partial charge in [0.1, 0.15) is 0 Å². The number of benzene rings is 1. The normalized spacial score (nSPS) is 24.3. The first-order chi connectivity index (χ1) is 9.97. The Bertz CT molecular complexity index is 434. The van der Waals surface area contributed by atoms with E-state index in [1.165, 1.54) is 6.42 Å². The monoisotopic (exact) mass is 290 g/mol. The fourth-order valence-corrected chi connectivity index (χ4v) is 3.30. The first-order valence-corrected chi connectivity index (χ1v) is 8.09. The van der Waals surface area contributed by atoms with E-state index in [2.05, 4.69) is 50.2 Å². The van der Waals surface area contributed by atoms with Gasteiger partial charge in [0.15, 0.2) is 0 Å². The number of likely N-dealkylation sites (N-methyl/N-ethyl adjacent to an activating group) is 1. The third kappa shape index (κ3) is 4.29. The topological polar surface area (TPSA) is 35.5 Å². The quantitative estimate of drug-likeness (QED) is 0.772. The van der Waals surface area contributed by atoms with Gasteiger partial charge in [-0.2, -0.15) is 0 Å². The molecule has 0 saturated heterocycles. The number of nitrogens with one attached hydrogen (secondary N) is 1. The van der Waals surface area contributed by atoms with Gasteiger partial charge in [0.25, 0.3) is 0 Å². The molecule has 1 fully saturated rings. The van der Waals surface area contributed by atoms with Crippen molar-refractivity contribution in [2.75, 3.05) is 26.7 Å².